The van der Waals surface area contributed by atoms with E-state index >= 15 is 0 Å². The number of esters is 1. The molecule has 0 radical (unpaired) electrons. The van der Waals surface area contributed by atoms with E-state index in [1.807, 2.05) is 61.7 Å². The summed E-state index contributed by atoms with van der Waals surface area (Å²) in [5.41, 5.74) is 2.30. The van der Waals surface area contributed by atoms with Crippen molar-refractivity contribution < 1.29 is 19.1 Å². The first-order valence-electron chi connectivity index (χ1n) is 12.3. The predicted octanol–water partition coefficient (Wildman–Crippen LogP) is 3.86. The molecule has 0 bridgehead atoms. The highest BCUT2D eigenvalue weighted by molar-refractivity contribution is 7.98. The number of aryl methyl sites for hydroxylation is 1. The van der Waals surface area contributed by atoms with Crippen LogP contribution < -0.4 is 5.32 Å². The number of thioether (sulfide) groups is 1. The molecule has 37 heavy (non-hydrogen) atoms. The van der Waals surface area contributed by atoms with Gasteiger partial charge in [-0.2, -0.15) is 5.10 Å². The number of carbonyl (C=O) groups excluding carboxylic acids is 3. The summed E-state index contributed by atoms with van der Waals surface area (Å²) in [5.74, 6) is -1.22. The quantitative estimate of drug-likeness (QED) is 0.340. The summed E-state index contributed by atoms with van der Waals surface area (Å²) in [4.78, 5) is 42.4. The number of hydrogen-bond acceptors (Lipinski definition) is 6. The maximum absolute atomic E-state index is 13.7. The lowest BCUT2D eigenvalue weighted by Gasteiger charge is -2.43. The number of amides is 2. The third kappa shape index (κ3) is 5.72. The number of nitrogens with one attached hydrogen (secondary N) is 1. The number of rotatable bonds is 9. The molecule has 0 saturated heterocycles. The molecule has 8 nitrogen and oxygen atoms in total. The summed E-state index contributed by atoms with van der Waals surface area (Å²) in [5, 5.41) is 7.31. The number of ether oxygens (including phenoxy) is 1. The highest BCUT2D eigenvalue weighted by Gasteiger charge is 2.48. The van der Waals surface area contributed by atoms with E-state index in [2.05, 4.69) is 10.4 Å². The SMILES string of the molecule is CCOC(=O)c1cc2n(n1)C[C@](C)(C(=O)NCc1ccc(C)cc1)N(CCc1ccc(SC)cc1)C2=O. The second kappa shape index (κ2) is 11.2. The molecular weight excluding hydrogens is 488 g/mol. The van der Waals surface area contributed by atoms with Crippen molar-refractivity contribution >= 4 is 29.5 Å². The zero-order valence-corrected chi connectivity index (χ0v) is 22.4. The molecule has 1 aliphatic rings. The molecule has 0 saturated carbocycles. The first kappa shape index (κ1) is 26.5. The fraction of sp³-hybridized carbons (Fsp3) is 0.357. The Morgan fingerprint density at radius 1 is 1.11 bits per heavy atom. The van der Waals surface area contributed by atoms with Crippen molar-refractivity contribution in [1.29, 1.82) is 0 Å². The van der Waals surface area contributed by atoms with Gasteiger partial charge in [-0.25, -0.2) is 4.79 Å². The molecule has 2 heterocycles. The number of carbonyl (C=O) groups is 3. The van der Waals surface area contributed by atoms with Gasteiger partial charge in [0.2, 0.25) is 5.91 Å². The smallest absolute Gasteiger partial charge is 0.358 e. The van der Waals surface area contributed by atoms with Crippen molar-refractivity contribution in [2.75, 3.05) is 19.4 Å². The van der Waals surface area contributed by atoms with Crippen LogP contribution in [0.3, 0.4) is 0 Å². The summed E-state index contributed by atoms with van der Waals surface area (Å²) in [6.45, 7) is 6.48. The molecule has 2 amide bonds. The molecule has 9 heteroatoms. The average molecular weight is 521 g/mol. The van der Waals surface area contributed by atoms with Crippen LogP contribution in [0.4, 0.5) is 0 Å². The lowest BCUT2D eigenvalue weighted by molar-refractivity contribution is -0.133. The molecular formula is C28H32N4O4S. The van der Waals surface area contributed by atoms with Crippen LogP contribution in [0.15, 0.2) is 59.5 Å². The van der Waals surface area contributed by atoms with Crippen molar-refractivity contribution in [2.24, 2.45) is 0 Å². The lowest BCUT2D eigenvalue weighted by Crippen LogP contribution is -2.64. The van der Waals surface area contributed by atoms with Crippen LogP contribution in [-0.4, -0.2) is 57.4 Å². The Bertz CT molecular complexity index is 1290. The van der Waals surface area contributed by atoms with Gasteiger partial charge in [-0.05, 0) is 56.7 Å². The molecule has 1 atom stereocenters. The second-order valence-corrected chi connectivity index (χ2v) is 10.2. The predicted molar refractivity (Wildman–Crippen MR) is 143 cm³/mol. The minimum Gasteiger partial charge on any atom is -0.461 e. The molecule has 4 rings (SSSR count). The van der Waals surface area contributed by atoms with Gasteiger partial charge < -0.3 is 15.0 Å². The van der Waals surface area contributed by atoms with Gasteiger partial charge in [0.25, 0.3) is 5.91 Å². The number of fused-ring (bicyclic) bond motifs is 1. The fourth-order valence-electron chi connectivity index (χ4n) is 4.41. The minimum absolute atomic E-state index is 0.0575. The van der Waals surface area contributed by atoms with E-state index in [0.717, 1.165) is 21.6 Å². The maximum Gasteiger partial charge on any atom is 0.358 e. The van der Waals surface area contributed by atoms with Crippen LogP contribution in [0.5, 0.6) is 0 Å². The number of aromatic nitrogens is 2. The van der Waals surface area contributed by atoms with E-state index in [1.165, 1.54) is 10.7 Å². The molecule has 0 spiro atoms. The third-order valence-corrected chi connectivity index (χ3v) is 7.37. The summed E-state index contributed by atoms with van der Waals surface area (Å²) in [7, 11) is 0. The van der Waals surface area contributed by atoms with Gasteiger partial charge in [-0.1, -0.05) is 42.0 Å². The molecule has 3 aromatic rings. The summed E-state index contributed by atoms with van der Waals surface area (Å²) in [6, 6.07) is 17.6. The molecule has 0 unspecified atom stereocenters. The van der Waals surface area contributed by atoms with Crippen molar-refractivity contribution in [3.63, 3.8) is 0 Å². The Balaban J connectivity index is 1.60. The lowest BCUT2D eigenvalue weighted by atomic mass is 9.94. The first-order valence-corrected chi connectivity index (χ1v) is 13.5. The highest BCUT2D eigenvalue weighted by Crippen LogP contribution is 2.28. The zero-order valence-electron chi connectivity index (χ0n) is 21.6. The monoisotopic (exact) mass is 520 g/mol. The average Bonchev–Trinajstić information content (AvgIpc) is 3.32. The van der Waals surface area contributed by atoms with Gasteiger partial charge in [-0.3, -0.25) is 14.3 Å². The Morgan fingerprint density at radius 3 is 2.43 bits per heavy atom. The van der Waals surface area contributed by atoms with E-state index in [0.29, 0.717) is 19.5 Å². The summed E-state index contributed by atoms with van der Waals surface area (Å²) < 4.78 is 6.51. The largest absolute Gasteiger partial charge is 0.461 e. The van der Waals surface area contributed by atoms with Crippen molar-refractivity contribution in [1.82, 2.24) is 20.0 Å². The van der Waals surface area contributed by atoms with E-state index in [9.17, 15) is 14.4 Å². The van der Waals surface area contributed by atoms with E-state index in [-0.39, 0.29) is 36.4 Å². The van der Waals surface area contributed by atoms with Crippen molar-refractivity contribution in [2.45, 2.75) is 50.7 Å². The third-order valence-electron chi connectivity index (χ3n) is 6.63. The van der Waals surface area contributed by atoms with Crippen LogP contribution in [0, 0.1) is 6.92 Å². The summed E-state index contributed by atoms with van der Waals surface area (Å²) in [6.07, 6.45) is 2.61. The Morgan fingerprint density at radius 2 is 1.78 bits per heavy atom. The topological polar surface area (TPSA) is 93.5 Å². The fourth-order valence-corrected chi connectivity index (χ4v) is 4.82. The standard InChI is InChI=1S/C28H32N4O4S/c1-5-36-26(34)23-16-24-25(33)31(15-14-20-10-12-22(37-4)13-11-20)28(3,18-32(24)30-23)27(35)29-17-21-8-6-19(2)7-9-21/h6-13,16H,5,14-15,17-18H2,1-4H3,(H,29,35)/t28-/m1/s1. The number of benzene rings is 2. The van der Waals surface area contributed by atoms with Gasteiger partial charge in [0.1, 0.15) is 11.2 Å². The van der Waals surface area contributed by atoms with Crippen LogP contribution >= 0.6 is 11.8 Å². The first-order chi connectivity index (χ1) is 17.7. The van der Waals surface area contributed by atoms with Gasteiger partial charge in [0, 0.05) is 24.1 Å². The molecule has 0 aliphatic carbocycles. The number of hydrogen-bond donors (Lipinski definition) is 1. The molecule has 1 aliphatic heterocycles. The van der Waals surface area contributed by atoms with E-state index < -0.39 is 11.5 Å². The van der Waals surface area contributed by atoms with Crippen LogP contribution in [0.25, 0.3) is 0 Å². The van der Waals surface area contributed by atoms with Gasteiger partial charge in [-0.15, -0.1) is 11.8 Å². The number of nitrogens with zero attached hydrogens (tertiary/aromatic N) is 3. The molecule has 194 valence electrons. The van der Waals surface area contributed by atoms with Gasteiger partial charge in [0.15, 0.2) is 5.69 Å². The van der Waals surface area contributed by atoms with Gasteiger partial charge >= 0.3 is 5.97 Å². The Kier molecular flexibility index (Phi) is 8.02. The van der Waals surface area contributed by atoms with E-state index in [1.54, 1.807) is 30.5 Å². The molecule has 1 N–H and O–H groups in total. The van der Waals surface area contributed by atoms with Crippen molar-refractivity contribution in [3.8, 4) is 0 Å². The Labute approximate surface area is 221 Å². The van der Waals surface area contributed by atoms with Crippen LogP contribution in [-0.2, 0) is 29.0 Å². The molecule has 0 fully saturated rings. The normalized spacial score (nSPS) is 16.9. The Hall–Kier alpha value is -3.59. The molecule has 2 aromatic carbocycles. The molecule has 1 aromatic heterocycles. The van der Waals surface area contributed by atoms with E-state index in [4.69, 9.17) is 4.74 Å². The zero-order chi connectivity index (χ0) is 26.6. The summed E-state index contributed by atoms with van der Waals surface area (Å²) >= 11 is 1.67. The van der Waals surface area contributed by atoms with Gasteiger partial charge in [0.05, 0.1) is 13.2 Å². The van der Waals surface area contributed by atoms with Crippen LogP contribution in [0.1, 0.15) is 51.5 Å². The van der Waals surface area contributed by atoms with Crippen LogP contribution in [0.2, 0.25) is 0 Å². The highest BCUT2D eigenvalue weighted by atomic mass is 32.2. The maximum atomic E-state index is 13.7. The van der Waals surface area contributed by atoms with Crippen molar-refractivity contribution in [3.05, 3.63) is 82.7 Å². The second-order valence-electron chi connectivity index (χ2n) is 9.29. The minimum atomic E-state index is -1.20.